The van der Waals surface area contributed by atoms with E-state index in [0.29, 0.717) is 16.1 Å². The molecule has 1 aromatic heterocycles. The highest BCUT2D eigenvalue weighted by molar-refractivity contribution is 7.20. The van der Waals surface area contributed by atoms with Crippen LogP contribution in [-0.4, -0.2) is 17.0 Å². The van der Waals surface area contributed by atoms with E-state index >= 15 is 0 Å². The number of rotatable bonds is 5. The number of amides is 1. The quantitative estimate of drug-likeness (QED) is 0.430. The summed E-state index contributed by atoms with van der Waals surface area (Å²) in [6.07, 6.45) is 0. The van der Waals surface area contributed by atoms with Crippen molar-refractivity contribution in [1.82, 2.24) is 0 Å². The van der Waals surface area contributed by atoms with E-state index in [9.17, 15) is 14.7 Å². The molecule has 0 saturated heterocycles. The summed E-state index contributed by atoms with van der Waals surface area (Å²) >= 11 is 1.27. The summed E-state index contributed by atoms with van der Waals surface area (Å²) in [5, 5.41) is 13.1. The highest BCUT2D eigenvalue weighted by Crippen LogP contribution is 2.46. The van der Waals surface area contributed by atoms with E-state index < -0.39 is 5.97 Å². The van der Waals surface area contributed by atoms with Gasteiger partial charge in [-0.25, -0.2) is 4.79 Å². The molecule has 0 aliphatic heterocycles. The Hall–Kier alpha value is -3.70. The van der Waals surface area contributed by atoms with Gasteiger partial charge in [0.05, 0.1) is 0 Å². The molecule has 142 valence electrons. The fourth-order valence-electron chi connectivity index (χ4n) is 3.16. The van der Waals surface area contributed by atoms with E-state index in [4.69, 9.17) is 0 Å². The van der Waals surface area contributed by atoms with E-state index in [-0.39, 0.29) is 11.5 Å². The molecule has 0 aliphatic rings. The number of carbonyl (C=O) groups excluding carboxylic acids is 1. The topological polar surface area (TPSA) is 66.4 Å². The number of hydrogen-bond donors (Lipinski definition) is 2. The van der Waals surface area contributed by atoms with Gasteiger partial charge in [0.15, 0.2) is 0 Å². The minimum Gasteiger partial charge on any atom is -0.478 e. The Bertz CT molecular complexity index is 1150. The van der Waals surface area contributed by atoms with Crippen molar-refractivity contribution >= 4 is 28.2 Å². The zero-order chi connectivity index (χ0) is 20.2. The first-order valence-electron chi connectivity index (χ1n) is 9.02. The SMILES string of the molecule is O=C(Nc1sc(-c2ccccc2)c(-c2ccccc2)c1C(=O)O)c1ccccc1. The van der Waals surface area contributed by atoms with Crippen LogP contribution >= 0.6 is 11.3 Å². The molecule has 29 heavy (non-hydrogen) atoms. The van der Waals surface area contributed by atoms with Gasteiger partial charge in [-0.05, 0) is 23.3 Å². The molecule has 0 unspecified atom stereocenters. The van der Waals surface area contributed by atoms with Gasteiger partial charge in [-0.3, -0.25) is 4.79 Å². The molecule has 0 saturated carbocycles. The van der Waals surface area contributed by atoms with Gasteiger partial charge in [0.2, 0.25) is 0 Å². The van der Waals surface area contributed by atoms with Crippen molar-refractivity contribution in [3.8, 4) is 21.6 Å². The van der Waals surface area contributed by atoms with Crippen molar-refractivity contribution in [3.63, 3.8) is 0 Å². The number of anilines is 1. The largest absolute Gasteiger partial charge is 0.478 e. The molecule has 3 aromatic carbocycles. The Balaban J connectivity index is 1.89. The lowest BCUT2D eigenvalue weighted by molar-refractivity contribution is 0.0699. The molecule has 4 aromatic rings. The molecular weight excluding hydrogens is 382 g/mol. The second-order valence-electron chi connectivity index (χ2n) is 6.37. The molecule has 2 N–H and O–H groups in total. The maximum Gasteiger partial charge on any atom is 0.339 e. The van der Waals surface area contributed by atoms with Crippen molar-refractivity contribution in [1.29, 1.82) is 0 Å². The van der Waals surface area contributed by atoms with Gasteiger partial charge >= 0.3 is 5.97 Å². The van der Waals surface area contributed by atoms with Crippen molar-refractivity contribution in [3.05, 3.63) is 102 Å². The van der Waals surface area contributed by atoms with Crippen molar-refractivity contribution in [2.45, 2.75) is 0 Å². The Morgan fingerprint density at radius 2 is 1.24 bits per heavy atom. The monoisotopic (exact) mass is 399 g/mol. The number of hydrogen-bond acceptors (Lipinski definition) is 3. The molecule has 1 amide bonds. The van der Waals surface area contributed by atoms with Crippen LogP contribution in [0.15, 0.2) is 91.0 Å². The number of carbonyl (C=O) groups is 2. The van der Waals surface area contributed by atoms with Gasteiger partial charge in [-0.2, -0.15) is 0 Å². The summed E-state index contributed by atoms with van der Waals surface area (Å²) < 4.78 is 0. The van der Waals surface area contributed by atoms with Crippen LogP contribution in [0, 0.1) is 0 Å². The number of thiophene rings is 1. The maximum absolute atomic E-state index is 12.7. The second kappa shape index (κ2) is 8.12. The molecular formula is C24H17NO3S. The third-order valence-corrected chi connectivity index (χ3v) is 5.64. The minimum atomic E-state index is -1.08. The van der Waals surface area contributed by atoms with Crippen LogP contribution in [-0.2, 0) is 0 Å². The molecule has 0 radical (unpaired) electrons. The molecule has 4 rings (SSSR count). The third kappa shape index (κ3) is 3.81. The molecule has 0 atom stereocenters. The van der Waals surface area contributed by atoms with E-state index in [1.165, 1.54) is 11.3 Å². The summed E-state index contributed by atoms with van der Waals surface area (Å²) in [6, 6.07) is 27.7. The molecule has 0 aliphatic carbocycles. The van der Waals surface area contributed by atoms with E-state index in [0.717, 1.165) is 16.0 Å². The van der Waals surface area contributed by atoms with Crippen LogP contribution in [0.4, 0.5) is 5.00 Å². The summed E-state index contributed by atoms with van der Waals surface area (Å²) in [5.74, 6) is -1.42. The minimum absolute atomic E-state index is 0.101. The Morgan fingerprint density at radius 1 is 0.724 bits per heavy atom. The van der Waals surface area contributed by atoms with Gasteiger partial charge in [-0.1, -0.05) is 78.9 Å². The lowest BCUT2D eigenvalue weighted by Crippen LogP contribution is -2.13. The number of carboxylic acid groups (broad SMARTS) is 1. The number of aromatic carboxylic acids is 1. The smallest absolute Gasteiger partial charge is 0.339 e. The lowest BCUT2D eigenvalue weighted by atomic mass is 9.98. The maximum atomic E-state index is 12.7. The zero-order valence-corrected chi connectivity index (χ0v) is 16.1. The molecule has 4 nitrogen and oxygen atoms in total. The first kappa shape index (κ1) is 18.7. The van der Waals surface area contributed by atoms with Crippen molar-refractivity contribution in [2.75, 3.05) is 5.32 Å². The third-order valence-electron chi connectivity index (χ3n) is 4.48. The molecule has 0 bridgehead atoms. The number of carboxylic acids is 1. The van der Waals surface area contributed by atoms with Crippen LogP contribution in [0.25, 0.3) is 21.6 Å². The standard InChI is InChI=1S/C24H17NO3S/c26-22(18-14-8-3-9-15-18)25-23-20(24(27)28)19(16-10-4-1-5-11-16)21(29-23)17-12-6-2-7-13-17/h1-15H,(H,25,26)(H,27,28). The number of nitrogens with one attached hydrogen (secondary N) is 1. The molecule has 0 spiro atoms. The van der Waals surface area contributed by atoms with Crippen molar-refractivity contribution < 1.29 is 14.7 Å². The lowest BCUT2D eigenvalue weighted by Gasteiger charge is -2.07. The highest BCUT2D eigenvalue weighted by atomic mass is 32.1. The first-order valence-corrected chi connectivity index (χ1v) is 9.84. The van der Waals surface area contributed by atoms with Gasteiger partial charge in [0, 0.05) is 16.0 Å². The average Bonchev–Trinajstić information content (AvgIpc) is 3.15. The summed E-state index contributed by atoms with van der Waals surface area (Å²) in [6.45, 7) is 0. The van der Waals surface area contributed by atoms with E-state index in [1.54, 1.807) is 24.3 Å². The number of benzene rings is 3. The van der Waals surface area contributed by atoms with Gasteiger partial charge in [0.25, 0.3) is 5.91 Å². The molecule has 0 fully saturated rings. The van der Waals surface area contributed by atoms with Crippen LogP contribution in [0.1, 0.15) is 20.7 Å². The zero-order valence-electron chi connectivity index (χ0n) is 15.3. The van der Waals surface area contributed by atoms with Gasteiger partial charge in [0.1, 0.15) is 10.6 Å². The van der Waals surface area contributed by atoms with Gasteiger partial charge < -0.3 is 10.4 Å². The second-order valence-corrected chi connectivity index (χ2v) is 7.39. The van der Waals surface area contributed by atoms with Crippen LogP contribution < -0.4 is 5.32 Å². The molecule has 1 heterocycles. The highest BCUT2D eigenvalue weighted by Gasteiger charge is 2.26. The van der Waals surface area contributed by atoms with Crippen LogP contribution in [0.2, 0.25) is 0 Å². The average molecular weight is 399 g/mol. The van der Waals surface area contributed by atoms with Crippen LogP contribution in [0.3, 0.4) is 0 Å². The Kier molecular flexibility index (Phi) is 5.22. The van der Waals surface area contributed by atoms with Crippen molar-refractivity contribution in [2.24, 2.45) is 0 Å². The fourth-order valence-corrected chi connectivity index (χ4v) is 4.38. The predicted octanol–water partition coefficient (Wildman–Crippen LogP) is 6.03. The normalized spacial score (nSPS) is 10.5. The summed E-state index contributed by atoms with van der Waals surface area (Å²) in [7, 11) is 0. The predicted molar refractivity (Wildman–Crippen MR) is 117 cm³/mol. The Morgan fingerprint density at radius 3 is 1.79 bits per heavy atom. The van der Waals surface area contributed by atoms with Gasteiger partial charge in [-0.15, -0.1) is 11.3 Å². The van der Waals surface area contributed by atoms with Crippen LogP contribution in [0.5, 0.6) is 0 Å². The van der Waals surface area contributed by atoms with E-state index in [1.807, 2.05) is 66.7 Å². The Labute approximate surface area is 172 Å². The summed E-state index contributed by atoms with van der Waals surface area (Å²) in [5.41, 5.74) is 2.88. The molecule has 5 heteroatoms. The first-order chi connectivity index (χ1) is 14.1. The fraction of sp³-hybridized carbons (Fsp3) is 0. The van der Waals surface area contributed by atoms with E-state index in [2.05, 4.69) is 5.32 Å². The summed E-state index contributed by atoms with van der Waals surface area (Å²) in [4.78, 5) is 25.7.